The van der Waals surface area contributed by atoms with E-state index in [1.165, 1.54) is 22.9 Å². The summed E-state index contributed by atoms with van der Waals surface area (Å²) in [6.45, 7) is 17.6. The van der Waals surface area contributed by atoms with Crippen molar-refractivity contribution >= 4 is 46.4 Å². The zero-order valence-electron chi connectivity index (χ0n) is 42.2. The van der Waals surface area contributed by atoms with Crippen LogP contribution in [0.2, 0.25) is 19.6 Å². The number of hydrogen-bond acceptors (Lipinski definition) is 4. The Morgan fingerprint density at radius 2 is 1.31 bits per heavy atom. The van der Waals surface area contributed by atoms with Crippen molar-refractivity contribution in [2.45, 2.75) is 65.6 Å². The summed E-state index contributed by atoms with van der Waals surface area (Å²) >= 11 is 0. The summed E-state index contributed by atoms with van der Waals surface area (Å²) in [6.07, 6.45) is 1.98. The van der Waals surface area contributed by atoms with Crippen LogP contribution in [0.3, 0.4) is 0 Å². The molecule has 11 aromatic rings. The van der Waals surface area contributed by atoms with Crippen molar-refractivity contribution in [3.05, 3.63) is 211 Å². The first-order chi connectivity index (χ1) is 34.0. The van der Waals surface area contributed by atoms with Crippen LogP contribution in [0.15, 0.2) is 187 Å². The van der Waals surface area contributed by atoms with Crippen molar-refractivity contribution in [2.75, 3.05) is 0 Å². The molecule has 0 saturated heterocycles. The maximum Gasteiger partial charge on any atom is 0.216 e. The third-order valence-electron chi connectivity index (χ3n) is 12.8. The largest absolute Gasteiger partial charge is 0.486 e. The van der Waals surface area contributed by atoms with Gasteiger partial charge in [0.15, 0.2) is 0 Å². The van der Waals surface area contributed by atoms with Gasteiger partial charge >= 0.3 is 0 Å². The van der Waals surface area contributed by atoms with Gasteiger partial charge in [0.2, 0.25) is 5.71 Å². The molecule has 0 atom stereocenters. The average molecular weight is 1120 g/mol. The van der Waals surface area contributed by atoms with Crippen LogP contribution in [0, 0.1) is 17.9 Å². The van der Waals surface area contributed by atoms with Gasteiger partial charge in [-0.3, -0.25) is 4.98 Å². The number of nitrogens with zero attached hydrogens (tertiary/aromatic N) is 4. The van der Waals surface area contributed by atoms with Crippen molar-refractivity contribution in [3.8, 4) is 61.8 Å². The molecule has 355 valence electrons. The second kappa shape index (κ2) is 20.0. The second-order valence-corrected chi connectivity index (χ2v) is 25.1. The van der Waals surface area contributed by atoms with Gasteiger partial charge in [-0.2, -0.15) is 0 Å². The molecule has 4 heterocycles. The molecular formula is C63H55FIrN4OSi-2. The predicted octanol–water partition coefficient (Wildman–Crippen LogP) is 16.4. The maximum absolute atomic E-state index is 13.7. The summed E-state index contributed by atoms with van der Waals surface area (Å²) in [4.78, 5) is 14.8. The van der Waals surface area contributed by atoms with E-state index >= 15 is 0 Å². The molecule has 0 spiro atoms. The molecule has 7 aromatic carbocycles. The zero-order valence-corrected chi connectivity index (χ0v) is 44.6. The Balaban J connectivity index is 0.000000257. The van der Waals surface area contributed by atoms with Crippen molar-refractivity contribution in [2.24, 2.45) is 0 Å². The number of rotatable bonds is 8. The molecule has 0 fully saturated rings. The summed E-state index contributed by atoms with van der Waals surface area (Å²) in [5, 5.41) is 3.08. The second-order valence-electron chi connectivity index (χ2n) is 20.1. The van der Waals surface area contributed by atoms with Crippen LogP contribution in [-0.2, 0) is 25.5 Å². The Hall–Kier alpha value is -7.09. The smallest absolute Gasteiger partial charge is 0.216 e. The molecule has 0 aliphatic heterocycles. The van der Waals surface area contributed by atoms with E-state index in [0.717, 1.165) is 83.5 Å². The number of para-hydroxylation sites is 2. The third kappa shape index (κ3) is 9.85. The van der Waals surface area contributed by atoms with Crippen molar-refractivity contribution in [3.63, 3.8) is 0 Å². The quantitative estimate of drug-likeness (QED) is 0.112. The SMILES string of the molecule is CC(C)(C)c1cc(-c2ccccc2)c(-n2c(-c3[c-]ccc4c3oc3nc(-c5ccc(F)cc5)ccc34)nc3ccccc32)c(-c2ccccc2)c1.[2H]C(C)(C)c1cc(-c2[c-]cccc2)ncc1[Si](C)(C)C.[Ir]. The summed E-state index contributed by atoms with van der Waals surface area (Å²) in [5.41, 5.74) is 14.9. The van der Waals surface area contributed by atoms with Gasteiger partial charge in [0.1, 0.15) is 5.82 Å². The molecule has 4 aromatic heterocycles. The number of benzene rings is 7. The van der Waals surface area contributed by atoms with Gasteiger partial charge in [0.05, 0.1) is 41.9 Å². The van der Waals surface area contributed by atoms with Crippen LogP contribution in [0.25, 0.3) is 94.9 Å². The average Bonchev–Trinajstić information content (AvgIpc) is 3.95. The molecule has 8 heteroatoms. The Morgan fingerprint density at radius 3 is 1.93 bits per heavy atom. The van der Waals surface area contributed by atoms with Crippen LogP contribution < -0.4 is 5.19 Å². The van der Waals surface area contributed by atoms with Gasteiger partial charge in [-0.1, -0.05) is 150 Å². The number of halogens is 1. The fraction of sp³-hybridized carbons (Fsp3) is 0.159. The van der Waals surface area contributed by atoms with Crippen LogP contribution in [0.1, 0.15) is 53.0 Å². The molecule has 0 aliphatic rings. The minimum atomic E-state index is -1.50. The Morgan fingerprint density at radius 1 is 0.662 bits per heavy atom. The van der Waals surface area contributed by atoms with E-state index in [2.05, 4.69) is 159 Å². The Labute approximate surface area is 432 Å². The first-order valence-electron chi connectivity index (χ1n) is 24.3. The third-order valence-corrected chi connectivity index (χ3v) is 14.8. The standard InChI is InChI=1S/C46H33FN3O.C17H22NSi.Ir/c1-46(2,3)32-27-37(29-13-6-4-7-14-29)42(38(28-32)30-15-8-5-9-16-30)50-41-20-11-10-19-40(41)48-44(50)36-18-12-17-34-35-25-26-39(49-45(35)51-43(34)36)31-21-23-33(47)24-22-31;1-13(2)15-11-16(14-9-7-6-8-10-14)18-12-17(15)19(3,4)5;/h4-17,19-28H,1-3H3;6-9,11-13H,1-5H3;/q2*-1;/i;13D;. The molecule has 0 unspecified atom stereocenters. The maximum atomic E-state index is 13.7. The molecule has 0 amide bonds. The number of fused-ring (bicyclic) bond motifs is 4. The molecular weight excluding hydrogens is 1070 g/mol. The fourth-order valence-corrected chi connectivity index (χ4v) is 10.7. The zero-order chi connectivity index (χ0) is 49.7. The van der Waals surface area contributed by atoms with Gasteiger partial charge in [-0.15, -0.1) is 54.1 Å². The van der Waals surface area contributed by atoms with Crippen molar-refractivity contribution < 1.29 is 30.3 Å². The first-order valence-corrected chi connectivity index (χ1v) is 27.3. The molecule has 71 heavy (non-hydrogen) atoms. The van der Waals surface area contributed by atoms with Crippen LogP contribution in [-0.4, -0.2) is 27.6 Å². The minimum Gasteiger partial charge on any atom is -0.486 e. The van der Waals surface area contributed by atoms with Crippen LogP contribution >= 0.6 is 0 Å². The summed E-state index contributed by atoms with van der Waals surface area (Å²) in [7, 11) is -1.50. The van der Waals surface area contributed by atoms with E-state index in [9.17, 15) is 4.39 Å². The minimum absolute atomic E-state index is 0. The fourth-order valence-electron chi connectivity index (χ4n) is 9.14. The van der Waals surface area contributed by atoms with Crippen LogP contribution in [0.4, 0.5) is 4.39 Å². The predicted molar refractivity (Wildman–Crippen MR) is 291 cm³/mol. The summed E-state index contributed by atoms with van der Waals surface area (Å²) in [6, 6.07) is 65.0. The van der Waals surface area contributed by atoms with E-state index < -0.39 is 14.0 Å². The normalized spacial score (nSPS) is 12.1. The van der Waals surface area contributed by atoms with E-state index in [4.69, 9.17) is 15.8 Å². The first kappa shape index (κ1) is 47.6. The van der Waals surface area contributed by atoms with E-state index in [1.54, 1.807) is 12.1 Å². The van der Waals surface area contributed by atoms with Gasteiger partial charge in [0, 0.05) is 49.7 Å². The van der Waals surface area contributed by atoms with Gasteiger partial charge < -0.3 is 14.0 Å². The topological polar surface area (TPSA) is 56.7 Å². The van der Waals surface area contributed by atoms with E-state index in [0.29, 0.717) is 17.0 Å². The monoisotopic (exact) mass is 1120 g/mol. The summed E-state index contributed by atoms with van der Waals surface area (Å²) in [5.74, 6) is -0.176. The molecule has 0 aliphatic carbocycles. The van der Waals surface area contributed by atoms with Gasteiger partial charge in [0.25, 0.3) is 0 Å². The van der Waals surface area contributed by atoms with Gasteiger partial charge in [-0.05, 0) is 99.5 Å². The number of aromatic nitrogens is 4. The Kier molecular flexibility index (Phi) is 13.4. The Bertz CT molecular complexity index is 3650. The molecule has 0 N–H and O–H groups in total. The molecule has 5 nitrogen and oxygen atoms in total. The van der Waals surface area contributed by atoms with E-state index in [-0.39, 0.29) is 31.3 Å². The van der Waals surface area contributed by atoms with Gasteiger partial charge in [-0.25, -0.2) is 9.37 Å². The van der Waals surface area contributed by atoms with Crippen molar-refractivity contribution in [1.29, 1.82) is 0 Å². The number of hydrogen-bond donors (Lipinski definition) is 0. The molecule has 0 saturated carbocycles. The number of furan rings is 1. The number of imidazole rings is 1. The van der Waals surface area contributed by atoms with Crippen molar-refractivity contribution in [1.82, 2.24) is 19.5 Å². The molecule has 0 bridgehead atoms. The molecule has 1 radical (unpaired) electrons. The number of pyridine rings is 2. The van der Waals surface area contributed by atoms with E-state index in [1.807, 2.05) is 74.6 Å². The summed E-state index contributed by atoms with van der Waals surface area (Å²) < 4.78 is 31.0. The molecule has 11 rings (SSSR count). The van der Waals surface area contributed by atoms with Crippen LogP contribution in [0.5, 0.6) is 0 Å².